The third-order valence-electron chi connectivity index (χ3n) is 6.11. The molecule has 2 aliphatic heterocycles. The van der Waals surface area contributed by atoms with Crippen LogP contribution in [0.25, 0.3) is 0 Å². The molecule has 0 spiro atoms. The predicted molar refractivity (Wildman–Crippen MR) is 117 cm³/mol. The lowest BCUT2D eigenvalue weighted by Crippen LogP contribution is -2.49. The SMILES string of the molecule is O=C(NCCCN1CCN(C(=O)c2cc(F)cc(F)c2)CC1)N1CCc2ccccc2C1. The fraction of sp³-hybridized carbons (Fsp3) is 0.417. The Morgan fingerprint density at radius 1 is 0.875 bits per heavy atom. The number of carbonyl (C=O) groups excluding carboxylic acids is 2. The molecule has 2 aromatic carbocycles. The Hall–Kier alpha value is -3.00. The summed E-state index contributed by atoms with van der Waals surface area (Å²) in [5.74, 6) is -1.84. The number of carbonyl (C=O) groups is 2. The van der Waals surface area contributed by atoms with Crippen LogP contribution in [-0.2, 0) is 13.0 Å². The van der Waals surface area contributed by atoms with Crippen LogP contribution >= 0.6 is 0 Å². The molecule has 4 rings (SSSR count). The van der Waals surface area contributed by atoms with Crippen LogP contribution in [0.4, 0.5) is 13.6 Å². The molecular weight excluding hydrogens is 414 g/mol. The summed E-state index contributed by atoms with van der Waals surface area (Å²) in [7, 11) is 0. The van der Waals surface area contributed by atoms with Crippen LogP contribution in [-0.4, -0.2) is 72.5 Å². The summed E-state index contributed by atoms with van der Waals surface area (Å²) in [5.41, 5.74) is 2.57. The van der Waals surface area contributed by atoms with Crippen molar-refractivity contribution in [1.29, 1.82) is 0 Å². The molecule has 2 aromatic rings. The minimum Gasteiger partial charge on any atom is -0.338 e. The van der Waals surface area contributed by atoms with Crippen LogP contribution in [0, 0.1) is 11.6 Å². The standard InChI is InChI=1S/C24H28F2N4O2/c25-21-14-20(15-22(26)16-21)23(31)29-12-10-28(11-13-29)8-3-7-27-24(32)30-9-6-18-4-1-2-5-19(18)17-30/h1-2,4-5,14-16H,3,6-13,17H2,(H,27,32). The van der Waals surface area contributed by atoms with Crippen molar-refractivity contribution in [1.82, 2.24) is 20.0 Å². The number of nitrogens with one attached hydrogen (secondary N) is 1. The molecule has 0 unspecified atom stereocenters. The maximum atomic E-state index is 13.4. The van der Waals surface area contributed by atoms with Gasteiger partial charge in [-0.3, -0.25) is 9.69 Å². The number of halogens is 2. The van der Waals surface area contributed by atoms with Gasteiger partial charge in [-0.15, -0.1) is 0 Å². The van der Waals surface area contributed by atoms with Gasteiger partial charge in [0.1, 0.15) is 11.6 Å². The molecule has 2 aliphatic rings. The minimum atomic E-state index is -0.747. The summed E-state index contributed by atoms with van der Waals surface area (Å²) in [6.45, 7) is 5.20. The van der Waals surface area contributed by atoms with Crippen molar-refractivity contribution >= 4 is 11.9 Å². The van der Waals surface area contributed by atoms with Gasteiger partial charge < -0.3 is 15.1 Å². The second-order valence-corrected chi connectivity index (χ2v) is 8.32. The maximum Gasteiger partial charge on any atom is 0.317 e. The third kappa shape index (κ3) is 5.43. The summed E-state index contributed by atoms with van der Waals surface area (Å²) in [6.07, 6.45) is 1.70. The summed E-state index contributed by atoms with van der Waals surface area (Å²) in [4.78, 5) is 30.7. The Morgan fingerprint density at radius 3 is 2.28 bits per heavy atom. The van der Waals surface area contributed by atoms with Gasteiger partial charge in [0.2, 0.25) is 0 Å². The Balaban J connectivity index is 1.15. The van der Waals surface area contributed by atoms with Crippen molar-refractivity contribution < 1.29 is 18.4 Å². The molecule has 32 heavy (non-hydrogen) atoms. The average molecular weight is 443 g/mol. The van der Waals surface area contributed by atoms with Crippen LogP contribution < -0.4 is 5.32 Å². The Bertz CT molecular complexity index is 956. The first-order valence-electron chi connectivity index (χ1n) is 11.1. The van der Waals surface area contributed by atoms with E-state index in [-0.39, 0.29) is 17.5 Å². The number of fused-ring (bicyclic) bond motifs is 1. The fourth-order valence-corrected chi connectivity index (χ4v) is 4.31. The largest absolute Gasteiger partial charge is 0.338 e. The van der Waals surface area contributed by atoms with Gasteiger partial charge in [-0.1, -0.05) is 24.3 Å². The van der Waals surface area contributed by atoms with Crippen molar-refractivity contribution in [2.24, 2.45) is 0 Å². The van der Waals surface area contributed by atoms with Gasteiger partial charge in [0.25, 0.3) is 5.91 Å². The Labute approximate surface area is 186 Å². The van der Waals surface area contributed by atoms with Gasteiger partial charge in [-0.25, -0.2) is 13.6 Å². The van der Waals surface area contributed by atoms with E-state index in [1.807, 2.05) is 17.0 Å². The minimum absolute atomic E-state index is 0.0303. The van der Waals surface area contributed by atoms with E-state index >= 15 is 0 Å². The van der Waals surface area contributed by atoms with E-state index in [0.717, 1.165) is 44.1 Å². The van der Waals surface area contributed by atoms with Crippen LogP contribution in [0.15, 0.2) is 42.5 Å². The Morgan fingerprint density at radius 2 is 1.56 bits per heavy atom. The zero-order valence-corrected chi connectivity index (χ0v) is 18.0. The van der Waals surface area contributed by atoms with Gasteiger partial charge in [0, 0.05) is 57.4 Å². The molecule has 0 saturated carbocycles. The number of amides is 3. The molecule has 1 fully saturated rings. The predicted octanol–water partition coefficient (Wildman–Crippen LogP) is 2.88. The van der Waals surface area contributed by atoms with E-state index in [1.54, 1.807) is 4.90 Å². The maximum absolute atomic E-state index is 13.4. The monoisotopic (exact) mass is 442 g/mol. The van der Waals surface area contributed by atoms with Crippen LogP contribution in [0.3, 0.4) is 0 Å². The van der Waals surface area contributed by atoms with E-state index in [4.69, 9.17) is 0 Å². The molecule has 3 amide bonds. The van der Waals surface area contributed by atoms with Crippen molar-refractivity contribution in [3.05, 3.63) is 70.8 Å². The molecule has 8 heteroatoms. The lowest BCUT2D eigenvalue weighted by Gasteiger charge is -2.35. The lowest BCUT2D eigenvalue weighted by atomic mass is 10.0. The van der Waals surface area contributed by atoms with Crippen LogP contribution in [0.5, 0.6) is 0 Å². The van der Waals surface area contributed by atoms with Gasteiger partial charge in [-0.2, -0.15) is 0 Å². The summed E-state index contributed by atoms with van der Waals surface area (Å²) >= 11 is 0. The number of benzene rings is 2. The van der Waals surface area contributed by atoms with E-state index in [2.05, 4.69) is 22.3 Å². The highest BCUT2D eigenvalue weighted by Gasteiger charge is 2.23. The summed E-state index contributed by atoms with van der Waals surface area (Å²) in [5, 5.41) is 3.01. The number of rotatable bonds is 5. The zero-order chi connectivity index (χ0) is 22.5. The molecule has 1 N–H and O–H groups in total. The van der Waals surface area contributed by atoms with Crippen molar-refractivity contribution in [2.75, 3.05) is 45.8 Å². The molecule has 0 aliphatic carbocycles. The van der Waals surface area contributed by atoms with Crippen LogP contribution in [0.1, 0.15) is 27.9 Å². The zero-order valence-electron chi connectivity index (χ0n) is 18.0. The third-order valence-corrected chi connectivity index (χ3v) is 6.11. The second-order valence-electron chi connectivity index (χ2n) is 8.32. The lowest BCUT2D eigenvalue weighted by molar-refractivity contribution is 0.0635. The molecule has 0 aromatic heterocycles. The molecule has 1 saturated heterocycles. The molecule has 6 nitrogen and oxygen atoms in total. The first-order chi connectivity index (χ1) is 15.5. The topological polar surface area (TPSA) is 55.9 Å². The van der Waals surface area contributed by atoms with Crippen LogP contribution in [0.2, 0.25) is 0 Å². The van der Waals surface area contributed by atoms with Gasteiger partial charge in [0.15, 0.2) is 0 Å². The highest BCUT2D eigenvalue weighted by atomic mass is 19.1. The molecule has 170 valence electrons. The van der Waals surface area contributed by atoms with E-state index in [1.165, 1.54) is 11.1 Å². The number of piperazine rings is 1. The van der Waals surface area contributed by atoms with E-state index < -0.39 is 11.6 Å². The molecule has 2 heterocycles. The highest BCUT2D eigenvalue weighted by molar-refractivity contribution is 5.94. The van der Waals surface area contributed by atoms with E-state index in [9.17, 15) is 18.4 Å². The number of hydrogen-bond acceptors (Lipinski definition) is 3. The molecule has 0 radical (unpaired) electrons. The second kappa shape index (κ2) is 10.1. The first kappa shape index (κ1) is 22.2. The van der Waals surface area contributed by atoms with Crippen molar-refractivity contribution in [3.8, 4) is 0 Å². The van der Waals surface area contributed by atoms with E-state index in [0.29, 0.717) is 39.3 Å². The number of urea groups is 1. The van der Waals surface area contributed by atoms with Crippen molar-refractivity contribution in [3.63, 3.8) is 0 Å². The number of nitrogens with zero attached hydrogens (tertiary/aromatic N) is 3. The smallest absolute Gasteiger partial charge is 0.317 e. The molecule has 0 bridgehead atoms. The van der Waals surface area contributed by atoms with Crippen molar-refractivity contribution in [2.45, 2.75) is 19.4 Å². The molecular formula is C24H28F2N4O2. The summed E-state index contributed by atoms with van der Waals surface area (Å²) in [6, 6.07) is 11.1. The highest BCUT2D eigenvalue weighted by Crippen LogP contribution is 2.18. The molecule has 0 atom stereocenters. The normalized spacial score (nSPS) is 16.6. The van der Waals surface area contributed by atoms with Gasteiger partial charge >= 0.3 is 6.03 Å². The Kier molecular flexibility index (Phi) is 6.99. The first-order valence-corrected chi connectivity index (χ1v) is 11.1. The number of hydrogen-bond donors (Lipinski definition) is 1. The fourth-order valence-electron chi connectivity index (χ4n) is 4.31. The van der Waals surface area contributed by atoms with Gasteiger partial charge in [0.05, 0.1) is 0 Å². The summed E-state index contributed by atoms with van der Waals surface area (Å²) < 4.78 is 26.8. The van der Waals surface area contributed by atoms with Gasteiger partial charge in [-0.05, 0) is 42.6 Å². The average Bonchev–Trinajstić information content (AvgIpc) is 2.80. The quantitative estimate of drug-likeness (QED) is 0.725.